The Morgan fingerprint density at radius 3 is 2.41 bits per heavy atom. The molecule has 0 radical (unpaired) electrons. The third-order valence-corrected chi connectivity index (χ3v) is 4.29. The first-order valence-electron chi connectivity index (χ1n) is 5.71. The molecule has 0 N–H and O–H groups in total. The van der Waals surface area contributed by atoms with Crippen LogP contribution in [0.3, 0.4) is 0 Å². The monoisotopic (exact) mass is 234 g/mol. The molecule has 1 aliphatic carbocycles. The van der Waals surface area contributed by atoms with E-state index in [-0.39, 0.29) is 0 Å². The molecule has 2 aromatic carbocycles. The van der Waals surface area contributed by atoms with E-state index in [1.165, 1.54) is 32.0 Å². The molecule has 17 heavy (non-hydrogen) atoms. The van der Waals surface area contributed by atoms with Gasteiger partial charge < -0.3 is 0 Å². The van der Waals surface area contributed by atoms with Gasteiger partial charge in [-0.05, 0) is 39.2 Å². The van der Waals surface area contributed by atoms with Gasteiger partial charge in [0.2, 0.25) is 0 Å². The molecule has 0 unspecified atom stereocenters. The molecule has 1 aliphatic heterocycles. The molecule has 0 atom stereocenters. The second-order valence-electron chi connectivity index (χ2n) is 4.29. The molecule has 4 rings (SSSR count). The summed E-state index contributed by atoms with van der Waals surface area (Å²) in [5.74, 6) is 0. The van der Waals surface area contributed by atoms with Crippen LogP contribution >= 0.6 is 11.3 Å². The van der Waals surface area contributed by atoms with E-state index in [0.29, 0.717) is 0 Å². The van der Waals surface area contributed by atoms with Gasteiger partial charge in [-0.1, -0.05) is 42.5 Å². The van der Waals surface area contributed by atoms with Gasteiger partial charge in [0.05, 0.1) is 0 Å². The first kappa shape index (κ1) is 9.20. The Morgan fingerprint density at radius 2 is 1.47 bits per heavy atom. The predicted octanol–water partition coefficient (Wildman–Crippen LogP) is 5.16. The smallest absolute Gasteiger partial charge is 0.0348 e. The molecule has 2 aliphatic rings. The van der Waals surface area contributed by atoms with Crippen LogP contribution in [0.5, 0.6) is 0 Å². The van der Waals surface area contributed by atoms with E-state index in [9.17, 15) is 0 Å². The van der Waals surface area contributed by atoms with Gasteiger partial charge in [0.1, 0.15) is 0 Å². The third-order valence-electron chi connectivity index (χ3n) is 3.32. The van der Waals surface area contributed by atoms with Crippen molar-refractivity contribution < 1.29 is 0 Å². The zero-order valence-electron chi connectivity index (χ0n) is 9.18. The Bertz CT molecular complexity index is 795. The zero-order chi connectivity index (χ0) is 11.2. The quantitative estimate of drug-likeness (QED) is 0.394. The summed E-state index contributed by atoms with van der Waals surface area (Å²) in [5, 5.41) is 6.35. The van der Waals surface area contributed by atoms with Crippen LogP contribution in [0.25, 0.3) is 32.0 Å². The fourth-order valence-corrected chi connectivity index (χ4v) is 3.47. The molecule has 0 saturated heterocycles. The average molecular weight is 234 g/mol. The number of rotatable bonds is 0. The van der Waals surface area contributed by atoms with Crippen LogP contribution in [-0.2, 0) is 0 Å². The largest absolute Gasteiger partial charge is 0.143 e. The number of benzene rings is 2. The number of fused-ring (bicyclic) bond motifs is 5. The van der Waals surface area contributed by atoms with E-state index in [2.05, 4.69) is 60.0 Å². The molecular weight excluding hydrogens is 224 g/mol. The standard InChI is InChI=1S/C16H10S/c1-2-6-12-11(5-1)9-14-13-7-3-4-8-16(13)17-10-15(12)14/h1-10H. The van der Waals surface area contributed by atoms with Crippen LogP contribution in [0.15, 0.2) is 60.0 Å². The van der Waals surface area contributed by atoms with E-state index in [4.69, 9.17) is 0 Å². The maximum absolute atomic E-state index is 2.31. The maximum Gasteiger partial charge on any atom is 0.0348 e. The van der Waals surface area contributed by atoms with Crippen molar-refractivity contribution in [2.45, 2.75) is 0 Å². The van der Waals surface area contributed by atoms with Crippen LogP contribution in [0.4, 0.5) is 0 Å². The predicted molar refractivity (Wildman–Crippen MR) is 76.0 cm³/mol. The molecule has 80 valence electrons. The Balaban J connectivity index is 2.28. The third kappa shape index (κ3) is 1.23. The van der Waals surface area contributed by atoms with Gasteiger partial charge >= 0.3 is 0 Å². The zero-order valence-corrected chi connectivity index (χ0v) is 10.00. The highest BCUT2D eigenvalue weighted by molar-refractivity contribution is 7.17. The van der Waals surface area contributed by atoms with Crippen molar-refractivity contribution in [3.8, 4) is 11.1 Å². The lowest BCUT2D eigenvalue weighted by atomic mass is 10.1. The summed E-state index contributed by atoms with van der Waals surface area (Å²) >= 11 is 1.83. The van der Waals surface area contributed by atoms with Crippen LogP contribution in [0.2, 0.25) is 0 Å². The molecule has 1 heteroatoms. The van der Waals surface area contributed by atoms with Crippen molar-refractivity contribution >= 4 is 32.2 Å². The maximum atomic E-state index is 2.31. The summed E-state index contributed by atoms with van der Waals surface area (Å²) in [6.07, 6.45) is 0. The topological polar surface area (TPSA) is 0 Å². The van der Waals surface area contributed by atoms with Crippen molar-refractivity contribution in [3.05, 3.63) is 60.0 Å². The lowest BCUT2D eigenvalue weighted by Gasteiger charge is -2.04. The molecule has 0 aromatic heterocycles. The molecule has 0 nitrogen and oxygen atoms in total. The summed E-state index contributed by atoms with van der Waals surface area (Å²) in [5.41, 5.74) is 2.75. The van der Waals surface area contributed by atoms with Gasteiger partial charge in [-0.3, -0.25) is 0 Å². The molecule has 0 bridgehead atoms. The summed E-state index contributed by atoms with van der Waals surface area (Å²) in [6.45, 7) is 0. The van der Waals surface area contributed by atoms with Crippen LogP contribution < -0.4 is 0 Å². The van der Waals surface area contributed by atoms with E-state index in [0.717, 1.165) is 0 Å². The van der Waals surface area contributed by atoms with Crippen LogP contribution in [-0.4, -0.2) is 0 Å². The van der Waals surface area contributed by atoms with E-state index >= 15 is 0 Å². The minimum atomic E-state index is 1.34. The van der Waals surface area contributed by atoms with Crippen LogP contribution in [0.1, 0.15) is 0 Å². The van der Waals surface area contributed by atoms with Gasteiger partial charge in [-0.15, -0.1) is 11.3 Å². The minimum Gasteiger partial charge on any atom is -0.143 e. The summed E-state index contributed by atoms with van der Waals surface area (Å²) in [6, 6.07) is 19.5. The Labute approximate surface area is 103 Å². The number of hydrogen-bond donors (Lipinski definition) is 0. The lowest BCUT2D eigenvalue weighted by molar-refractivity contribution is 1.82. The van der Waals surface area contributed by atoms with E-state index in [1.807, 2.05) is 11.3 Å². The lowest BCUT2D eigenvalue weighted by Crippen LogP contribution is -1.75. The van der Waals surface area contributed by atoms with Crippen molar-refractivity contribution in [3.63, 3.8) is 0 Å². The van der Waals surface area contributed by atoms with Crippen molar-refractivity contribution in [2.75, 3.05) is 0 Å². The normalized spacial score (nSPS) is 11.5. The molecule has 1 heterocycles. The van der Waals surface area contributed by atoms with Crippen molar-refractivity contribution in [1.29, 1.82) is 0 Å². The summed E-state index contributed by atoms with van der Waals surface area (Å²) in [7, 11) is 0. The Morgan fingerprint density at radius 1 is 0.706 bits per heavy atom. The average Bonchev–Trinajstić information content (AvgIpc) is 2.78. The highest BCUT2D eigenvalue weighted by Crippen LogP contribution is 2.40. The van der Waals surface area contributed by atoms with Gasteiger partial charge in [0.25, 0.3) is 0 Å². The second kappa shape index (κ2) is 3.31. The van der Waals surface area contributed by atoms with Crippen molar-refractivity contribution in [2.24, 2.45) is 0 Å². The van der Waals surface area contributed by atoms with Crippen molar-refractivity contribution in [1.82, 2.24) is 0 Å². The molecule has 0 fully saturated rings. The Hall–Kier alpha value is -1.86. The number of hydrogen-bond acceptors (Lipinski definition) is 1. The second-order valence-corrected chi connectivity index (χ2v) is 5.20. The SMILES string of the molecule is c1ccc2c3csc4ccccc4c-3cc2c1. The van der Waals surface area contributed by atoms with Crippen LogP contribution in [0, 0.1) is 0 Å². The fraction of sp³-hybridized carbons (Fsp3) is 0. The minimum absolute atomic E-state index is 1.34. The molecule has 0 spiro atoms. The van der Waals surface area contributed by atoms with Gasteiger partial charge in [-0.25, -0.2) is 0 Å². The molecule has 0 saturated carbocycles. The van der Waals surface area contributed by atoms with E-state index < -0.39 is 0 Å². The highest BCUT2D eigenvalue weighted by atomic mass is 32.1. The first-order valence-corrected chi connectivity index (χ1v) is 6.59. The highest BCUT2D eigenvalue weighted by Gasteiger charge is 2.12. The summed E-state index contributed by atoms with van der Waals surface area (Å²) in [4.78, 5) is 0. The van der Waals surface area contributed by atoms with Gasteiger partial charge in [0, 0.05) is 10.3 Å². The fourth-order valence-electron chi connectivity index (χ4n) is 2.51. The van der Waals surface area contributed by atoms with Gasteiger partial charge in [0.15, 0.2) is 0 Å². The summed E-state index contributed by atoms with van der Waals surface area (Å²) < 4.78 is 1.36. The van der Waals surface area contributed by atoms with E-state index in [1.54, 1.807) is 0 Å². The molecular formula is C16H10S. The molecule has 0 amide bonds. The Kier molecular flexibility index (Phi) is 1.79. The van der Waals surface area contributed by atoms with Gasteiger partial charge in [-0.2, -0.15) is 0 Å². The molecule has 2 aromatic rings. The first-order chi connectivity index (χ1) is 8.43.